The summed E-state index contributed by atoms with van der Waals surface area (Å²) in [6.45, 7) is 0.271. The van der Waals surface area contributed by atoms with Gasteiger partial charge in [0.25, 0.3) is 5.91 Å². The number of nitrogens with zero attached hydrogens (tertiary/aromatic N) is 2. The number of hydrogen-bond acceptors (Lipinski definition) is 7. The fourth-order valence-electron chi connectivity index (χ4n) is 4.41. The summed E-state index contributed by atoms with van der Waals surface area (Å²) in [5.41, 5.74) is 8.19. The van der Waals surface area contributed by atoms with Crippen molar-refractivity contribution >= 4 is 29.9 Å². The van der Waals surface area contributed by atoms with Gasteiger partial charge >= 0.3 is 12.0 Å². The van der Waals surface area contributed by atoms with Crippen LogP contribution in [0.3, 0.4) is 0 Å². The van der Waals surface area contributed by atoms with Crippen molar-refractivity contribution in [2.75, 3.05) is 19.0 Å². The minimum atomic E-state index is -1.32. The highest BCUT2D eigenvalue weighted by molar-refractivity contribution is 6.00. The molecule has 2 aliphatic rings. The van der Waals surface area contributed by atoms with E-state index in [4.69, 9.17) is 5.73 Å². The van der Waals surface area contributed by atoms with Crippen molar-refractivity contribution in [1.82, 2.24) is 10.2 Å². The molecule has 0 bridgehead atoms. The summed E-state index contributed by atoms with van der Waals surface area (Å²) in [6, 6.07) is 3.41. The topological polar surface area (TPSA) is 174 Å². The van der Waals surface area contributed by atoms with Crippen LogP contribution in [0.4, 0.5) is 10.5 Å². The average molecular weight is 563 g/mol. The predicted octanol–water partition coefficient (Wildman–Crippen LogP) is 3.78. The van der Waals surface area contributed by atoms with E-state index in [-0.39, 0.29) is 19.0 Å². The Morgan fingerprint density at radius 1 is 1.05 bits per heavy atom. The molecule has 41 heavy (non-hydrogen) atoms. The van der Waals surface area contributed by atoms with Crippen molar-refractivity contribution in [2.45, 2.75) is 38.3 Å². The summed E-state index contributed by atoms with van der Waals surface area (Å²) in [4.78, 5) is 52.4. The van der Waals surface area contributed by atoms with Gasteiger partial charge in [0.15, 0.2) is 6.29 Å². The van der Waals surface area contributed by atoms with E-state index in [0.29, 0.717) is 48.1 Å². The number of nitrogens with two attached hydrogens (primary N) is 1. The molecule has 11 nitrogen and oxygen atoms in total. The van der Waals surface area contributed by atoms with E-state index in [1.165, 1.54) is 22.0 Å². The van der Waals surface area contributed by atoms with Crippen LogP contribution in [0.1, 0.15) is 41.6 Å². The van der Waals surface area contributed by atoms with Crippen molar-refractivity contribution in [2.24, 2.45) is 5.73 Å². The van der Waals surface area contributed by atoms with Crippen LogP contribution in [0.2, 0.25) is 0 Å². The molecule has 1 aromatic carbocycles. The van der Waals surface area contributed by atoms with Crippen LogP contribution in [0.15, 0.2) is 89.1 Å². The molecule has 216 valence electrons. The van der Waals surface area contributed by atoms with Crippen LogP contribution in [0.5, 0.6) is 0 Å². The molecular formula is C30H34N4O7. The number of carbonyl (C=O) groups is 4. The smallest absolute Gasteiger partial charge is 0.328 e. The highest BCUT2D eigenvalue weighted by Gasteiger charge is 2.27. The van der Waals surface area contributed by atoms with Gasteiger partial charge in [0, 0.05) is 44.7 Å². The zero-order chi connectivity index (χ0) is 30.1. The van der Waals surface area contributed by atoms with E-state index in [1.54, 1.807) is 56.6 Å². The Morgan fingerprint density at radius 3 is 2.49 bits per heavy atom. The fraction of sp³-hybridized carbons (Fsp3) is 0.267. The van der Waals surface area contributed by atoms with Crippen molar-refractivity contribution in [3.05, 3.63) is 100 Å². The highest BCUT2D eigenvalue weighted by atomic mass is 16.4. The zero-order valence-corrected chi connectivity index (χ0v) is 22.9. The van der Waals surface area contributed by atoms with Crippen molar-refractivity contribution in [1.29, 1.82) is 0 Å². The second kappa shape index (κ2) is 13.9. The summed E-state index contributed by atoms with van der Waals surface area (Å²) in [5.74, 6) is -3.08. The molecule has 0 heterocycles. The highest BCUT2D eigenvalue weighted by Crippen LogP contribution is 2.24. The van der Waals surface area contributed by atoms with Gasteiger partial charge in [0.2, 0.25) is 0 Å². The molecular weight excluding hydrogens is 528 g/mol. The Balaban J connectivity index is 1.70. The number of amides is 3. The number of benzene rings is 1. The molecule has 3 amide bonds. The van der Waals surface area contributed by atoms with Gasteiger partial charge in [-0.05, 0) is 48.3 Å². The van der Waals surface area contributed by atoms with Gasteiger partial charge in [-0.1, -0.05) is 36.4 Å². The molecule has 1 atom stereocenters. The number of urea groups is 1. The van der Waals surface area contributed by atoms with Gasteiger partial charge in [-0.3, -0.25) is 14.5 Å². The fourth-order valence-corrected chi connectivity index (χ4v) is 4.41. The summed E-state index contributed by atoms with van der Waals surface area (Å²) < 4.78 is 0. The third-order valence-corrected chi connectivity index (χ3v) is 6.72. The van der Waals surface area contributed by atoms with Gasteiger partial charge in [-0.2, -0.15) is 0 Å². The number of anilines is 1. The van der Waals surface area contributed by atoms with Gasteiger partial charge in [-0.15, -0.1) is 0 Å². The average Bonchev–Trinajstić information content (AvgIpc) is 3.11. The first kappa shape index (κ1) is 30.6. The molecule has 0 radical (unpaired) electrons. The normalized spacial score (nSPS) is 18.4. The van der Waals surface area contributed by atoms with E-state index in [9.17, 15) is 34.5 Å². The first-order chi connectivity index (χ1) is 19.6. The van der Waals surface area contributed by atoms with E-state index in [2.05, 4.69) is 5.32 Å². The molecule has 0 saturated carbocycles. The van der Waals surface area contributed by atoms with E-state index < -0.39 is 35.0 Å². The lowest BCUT2D eigenvalue weighted by Crippen LogP contribution is -2.42. The number of aliphatic carboxylic acids is 1. The summed E-state index contributed by atoms with van der Waals surface area (Å²) in [5, 5.41) is 32.3. The summed E-state index contributed by atoms with van der Waals surface area (Å²) in [6.07, 6.45) is 13.0. The molecule has 1 aromatic rings. The number of aliphatic hydroxyl groups excluding tert-OH is 2. The molecule has 3 rings (SSSR count). The number of rotatable bonds is 9. The Kier molecular flexibility index (Phi) is 10.4. The molecule has 0 spiro atoms. The SMILES string of the molecule is CN(C(=O)N(C)c1ccc(CN)cc1C=O)/C1=C/C/C=C(/CC(NC(=O)C2=C(O)C=CCC=C2O)C(=O)O)C=CC1. The lowest BCUT2D eigenvalue weighted by molar-refractivity contribution is -0.141. The summed E-state index contributed by atoms with van der Waals surface area (Å²) >= 11 is 0. The molecule has 6 N–H and O–H groups in total. The van der Waals surface area contributed by atoms with Gasteiger partial charge in [0.05, 0.1) is 5.69 Å². The molecule has 1 unspecified atom stereocenters. The number of carboxylic acids is 1. The first-order valence-corrected chi connectivity index (χ1v) is 12.9. The maximum absolute atomic E-state index is 13.2. The predicted molar refractivity (Wildman–Crippen MR) is 154 cm³/mol. The second-order valence-corrected chi connectivity index (χ2v) is 9.49. The second-order valence-electron chi connectivity index (χ2n) is 9.49. The molecule has 0 saturated heterocycles. The first-order valence-electron chi connectivity index (χ1n) is 12.9. The van der Waals surface area contributed by atoms with Gasteiger partial charge in [0.1, 0.15) is 23.1 Å². The molecule has 0 aromatic heterocycles. The quantitative estimate of drug-likeness (QED) is 0.283. The van der Waals surface area contributed by atoms with Crippen LogP contribution in [-0.4, -0.2) is 64.6 Å². The molecule has 2 aliphatic carbocycles. The van der Waals surface area contributed by atoms with Crippen molar-refractivity contribution < 1.29 is 34.5 Å². The molecule has 11 heteroatoms. The Hall–Kier alpha value is -4.90. The number of carboxylic acid groups (broad SMARTS) is 1. The number of allylic oxidation sites excluding steroid dienone is 7. The molecule has 0 fully saturated rings. The Bertz CT molecular complexity index is 1400. The zero-order valence-electron chi connectivity index (χ0n) is 22.9. The van der Waals surface area contributed by atoms with E-state index in [0.717, 1.165) is 5.56 Å². The van der Waals surface area contributed by atoms with Crippen molar-refractivity contribution in [3.8, 4) is 0 Å². The third kappa shape index (κ3) is 7.61. The minimum Gasteiger partial charge on any atom is -0.507 e. The van der Waals surface area contributed by atoms with E-state index in [1.807, 2.05) is 6.08 Å². The minimum absolute atomic E-state index is 0.0418. The number of nitrogens with one attached hydrogen (secondary N) is 1. The number of aldehydes is 1. The Morgan fingerprint density at radius 2 is 1.80 bits per heavy atom. The lowest BCUT2D eigenvalue weighted by Gasteiger charge is -2.28. The molecule has 0 aliphatic heterocycles. The maximum Gasteiger partial charge on any atom is 0.328 e. The van der Waals surface area contributed by atoms with Crippen LogP contribution in [0, 0.1) is 0 Å². The maximum atomic E-state index is 13.2. The summed E-state index contributed by atoms with van der Waals surface area (Å²) in [7, 11) is 3.21. The Labute approximate surface area is 237 Å². The number of carbonyl (C=O) groups excluding carboxylic acids is 3. The number of hydrogen-bond donors (Lipinski definition) is 5. The lowest BCUT2D eigenvalue weighted by atomic mass is 10.0. The van der Waals surface area contributed by atoms with E-state index >= 15 is 0 Å². The monoisotopic (exact) mass is 562 g/mol. The largest absolute Gasteiger partial charge is 0.507 e. The third-order valence-electron chi connectivity index (χ3n) is 6.72. The van der Waals surface area contributed by atoms with Crippen LogP contribution < -0.4 is 16.0 Å². The van der Waals surface area contributed by atoms with Crippen LogP contribution in [-0.2, 0) is 16.1 Å². The van der Waals surface area contributed by atoms with Gasteiger partial charge < -0.3 is 31.3 Å². The standard InChI is InChI=1S/C30H34N4O7/c1-33(30(41)34(2)24-14-13-20(17-31)15-21(24)18-35)22-9-5-7-19(8-6-10-22)16-23(29(39)40)32-28(38)27-25(36)11-3-4-12-26(27)37/h3,5,7-8,10-15,18,23,36-37H,4,6,9,16-17,31H2,1-2H3,(H,32,38)(H,39,40)/b7-5?,19-8+,22-10+. The van der Waals surface area contributed by atoms with Crippen LogP contribution >= 0.6 is 0 Å². The van der Waals surface area contributed by atoms with Crippen molar-refractivity contribution in [3.63, 3.8) is 0 Å². The number of aliphatic hydroxyl groups is 2. The van der Waals surface area contributed by atoms with Crippen LogP contribution in [0.25, 0.3) is 0 Å². The van der Waals surface area contributed by atoms with Gasteiger partial charge in [-0.25, -0.2) is 9.59 Å².